The number of rotatable bonds is 12. The fourth-order valence-electron chi connectivity index (χ4n) is 12.6. The summed E-state index contributed by atoms with van der Waals surface area (Å²) >= 11 is 0. The number of hydrogen-bond acceptors (Lipinski definition) is 12. The van der Waals surface area contributed by atoms with Crippen molar-refractivity contribution in [1.29, 1.82) is 0 Å². The molecule has 2 aromatic rings. The van der Waals surface area contributed by atoms with E-state index in [1.54, 1.807) is 24.3 Å². The van der Waals surface area contributed by atoms with Gasteiger partial charge < -0.3 is 33.5 Å². The first-order valence-corrected chi connectivity index (χ1v) is 26.4. The minimum Gasteiger partial charge on any atom is -0.478 e. The minimum atomic E-state index is -0.936. The molecule has 10 aliphatic rings. The van der Waals surface area contributed by atoms with Gasteiger partial charge in [-0.3, -0.25) is 4.79 Å². The quantitative estimate of drug-likeness (QED) is 0.159. The number of hydrogen-bond donors (Lipinski definition) is 1. The van der Waals surface area contributed by atoms with Crippen LogP contribution < -0.4 is 0 Å². The Morgan fingerprint density at radius 2 is 1.03 bits per heavy atom. The Balaban J connectivity index is 0.000000180. The van der Waals surface area contributed by atoms with E-state index in [4.69, 9.17) is 53.1 Å². The summed E-state index contributed by atoms with van der Waals surface area (Å²) in [6, 6.07) is 14.5. The molecule has 13 nitrogen and oxygen atoms in total. The van der Waals surface area contributed by atoms with Crippen molar-refractivity contribution >= 4 is 11.8 Å². The number of ether oxygens (including phenoxy) is 6. The number of ketones is 1. The smallest absolute Gasteiger partial charge is 0.335 e. The Labute approximate surface area is 418 Å². The second kappa shape index (κ2) is 21.9. The molecule has 1 N–H and O–H groups in total. The number of aromatic carboxylic acids is 1. The van der Waals surface area contributed by atoms with Gasteiger partial charge in [0.1, 0.15) is 0 Å². The first-order valence-electron chi connectivity index (χ1n) is 26.4. The van der Waals surface area contributed by atoms with Crippen molar-refractivity contribution < 1.29 is 62.7 Å². The SMILES string of the molecule is C.CCC(C)(C)CC.CCCC(=O)c1ccc(CO[C@H]2O[C@@H]3O[C@]4(C)CC[C@H]5[C@H](C)CC[C@@H]([C@H]2C)[C@@]35OO4)cc1.C[C@H]1[C@@H](OCc2ccc(C(=O)O)cc2)O[C@@H]2O[C@]3(C)CC[C@H]4[C@H](C)CC[C@@H]1[C@@]24OO3. The summed E-state index contributed by atoms with van der Waals surface area (Å²) in [5.74, 6) is 0.180. The van der Waals surface area contributed by atoms with Crippen LogP contribution in [0.4, 0.5) is 0 Å². The van der Waals surface area contributed by atoms with E-state index in [1.165, 1.54) is 19.3 Å². The third-order valence-corrected chi connectivity index (χ3v) is 17.9. The van der Waals surface area contributed by atoms with E-state index in [1.807, 2.05) is 45.0 Å². The lowest BCUT2D eigenvalue weighted by Gasteiger charge is -2.60. The van der Waals surface area contributed by atoms with Crippen LogP contribution in [0.25, 0.3) is 0 Å². The second-order valence-electron chi connectivity index (χ2n) is 22.9. The third kappa shape index (κ3) is 10.7. The lowest BCUT2D eigenvalue weighted by Crippen LogP contribution is -2.70. The van der Waals surface area contributed by atoms with Gasteiger partial charge in [-0.15, -0.1) is 0 Å². The largest absolute Gasteiger partial charge is 0.478 e. The van der Waals surface area contributed by atoms with Crippen LogP contribution in [0.2, 0.25) is 0 Å². The molecule has 70 heavy (non-hydrogen) atoms. The van der Waals surface area contributed by atoms with Gasteiger partial charge in [-0.1, -0.05) is 119 Å². The van der Waals surface area contributed by atoms with Crippen molar-refractivity contribution in [3.05, 3.63) is 70.8 Å². The van der Waals surface area contributed by atoms with E-state index in [2.05, 4.69) is 55.4 Å². The van der Waals surface area contributed by atoms with Crippen molar-refractivity contribution in [3.8, 4) is 0 Å². The first kappa shape index (κ1) is 54.9. The molecule has 4 bridgehead atoms. The maximum Gasteiger partial charge on any atom is 0.335 e. The molecule has 8 saturated heterocycles. The van der Waals surface area contributed by atoms with Crippen LogP contribution in [0.5, 0.6) is 0 Å². The number of carbonyl (C=O) groups is 2. The zero-order valence-corrected chi connectivity index (χ0v) is 43.3. The molecule has 2 saturated carbocycles. The Kier molecular flexibility index (Phi) is 17.2. The van der Waals surface area contributed by atoms with Gasteiger partial charge in [-0.05, 0) is 111 Å². The number of benzene rings is 2. The molecule has 2 spiro atoms. The molecular weight excluding hydrogens is 893 g/mol. The molecule has 0 amide bonds. The van der Waals surface area contributed by atoms with E-state index in [0.29, 0.717) is 48.7 Å². The highest BCUT2D eigenvalue weighted by molar-refractivity contribution is 5.96. The maximum absolute atomic E-state index is 12.1. The monoisotopic (exact) mass is 979 g/mol. The van der Waals surface area contributed by atoms with Gasteiger partial charge in [-0.2, -0.15) is 0 Å². The van der Waals surface area contributed by atoms with Gasteiger partial charge in [0.2, 0.25) is 11.6 Å². The topological polar surface area (TPSA) is 147 Å². The summed E-state index contributed by atoms with van der Waals surface area (Å²) in [6.45, 7) is 24.7. The van der Waals surface area contributed by atoms with Gasteiger partial charge in [0.05, 0.1) is 18.8 Å². The number of carboxylic acids is 1. The molecule has 392 valence electrons. The van der Waals surface area contributed by atoms with Crippen LogP contribution in [0, 0.1) is 52.8 Å². The van der Waals surface area contributed by atoms with E-state index in [0.717, 1.165) is 68.1 Å². The highest BCUT2D eigenvalue weighted by atomic mass is 17.3. The van der Waals surface area contributed by atoms with Crippen LogP contribution in [-0.4, -0.2) is 64.8 Å². The van der Waals surface area contributed by atoms with Gasteiger partial charge in [-0.25, -0.2) is 24.3 Å². The number of fused-ring (bicyclic) bond motifs is 4. The maximum atomic E-state index is 12.1. The predicted octanol–water partition coefficient (Wildman–Crippen LogP) is 13.0. The Hall–Kier alpha value is -2.82. The van der Waals surface area contributed by atoms with Gasteiger partial charge >= 0.3 is 5.97 Å². The zero-order chi connectivity index (χ0) is 49.5. The summed E-state index contributed by atoms with van der Waals surface area (Å²) < 4.78 is 38.1. The molecule has 12 rings (SSSR count). The molecule has 0 aromatic heterocycles. The van der Waals surface area contributed by atoms with Crippen molar-refractivity contribution in [1.82, 2.24) is 0 Å². The first-order chi connectivity index (χ1) is 32.8. The standard InChI is InChI=1S/C26H36O6.C23H30O7.C7H16.CH4/c1-5-6-22(27)19-10-8-18(9-11-19)15-28-23-17(3)21-12-7-16(2)20-13-14-25(4)30-24(29-23)26(20,21)32-31-25;1-13-4-9-18-14(2)20(26-12-15-5-7-16(8-6-15)19(24)25)27-21-23(18)17(13)10-11-22(3,28-21)29-30-23;1-5-7(3,4)6-2;/h8-11,16-17,20-21,23-24H,5-7,12-15H2,1-4H3;5-8,13-14,17-18,20-21H,4,9-12H2,1-3H3,(H,24,25);5-6H2,1-4H3;1H4/t16-,17-,20+,21+,23+,24-,25+,26-;13-,14-,17+,18+,20+,21-,22+,23-;;/m11../s1. The summed E-state index contributed by atoms with van der Waals surface area (Å²) in [5.41, 5.74) is 2.39. The second-order valence-corrected chi connectivity index (χ2v) is 22.9. The number of carboxylic acid groups (broad SMARTS) is 1. The minimum absolute atomic E-state index is 0. The fourth-order valence-corrected chi connectivity index (χ4v) is 12.6. The van der Waals surface area contributed by atoms with Crippen LogP contribution >= 0.6 is 0 Å². The molecule has 8 aliphatic heterocycles. The van der Waals surface area contributed by atoms with Crippen molar-refractivity contribution in [2.75, 3.05) is 0 Å². The molecule has 0 radical (unpaired) electrons. The molecule has 2 aromatic carbocycles. The summed E-state index contributed by atoms with van der Waals surface area (Å²) in [5, 5.41) is 9.06. The van der Waals surface area contributed by atoms with Crippen molar-refractivity contribution in [2.45, 2.75) is 222 Å². The highest BCUT2D eigenvalue weighted by Crippen LogP contribution is 2.62. The van der Waals surface area contributed by atoms with Crippen molar-refractivity contribution in [3.63, 3.8) is 0 Å². The zero-order valence-electron chi connectivity index (χ0n) is 43.3. The van der Waals surface area contributed by atoms with Gasteiger partial charge in [0.15, 0.2) is 42.1 Å². The lowest BCUT2D eigenvalue weighted by molar-refractivity contribution is -0.577. The number of carbonyl (C=O) groups excluding carboxylic acids is 1. The summed E-state index contributed by atoms with van der Waals surface area (Å²) in [6.07, 6.45) is 10.2. The summed E-state index contributed by atoms with van der Waals surface area (Å²) in [4.78, 5) is 47.2. The van der Waals surface area contributed by atoms with Crippen LogP contribution in [0.1, 0.15) is 192 Å². The Morgan fingerprint density at radius 1 is 0.614 bits per heavy atom. The van der Waals surface area contributed by atoms with Crippen molar-refractivity contribution in [2.24, 2.45) is 52.8 Å². The summed E-state index contributed by atoms with van der Waals surface area (Å²) in [7, 11) is 0. The molecule has 10 fully saturated rings. The average Bonchev–Trinajstić information content (AvgIpc) is 3.72. The Bertz CT molecular complexity index is 2050. The van der Waals surface area contributed by atoms with E-state index >= 15 is 0 Å². The number of Topliss-reactive ketones (excluding diaryl/α,β-unsaturated/α-hetero) is 1. The normalized spacial score (nSPS) is 40.0. The third-order valence-electron chi connectivity index (χ3n) is 17.9. The van der Waals surface area contributed by atoms with Crippen LogP contribution in [0.15, 0.2) is 48.5 Å². The molecule has 13 heteroatoms. The van der Waals surface area contributed by atoms with E-state index in [-0.39, 0.29) is 48.7 Å². The predicted molar refractivity (Wildman–Crippen MR) is 263 cm³/mol. The fraction of sp³-hybridized carbons (Fsp3) is 0.754. The Morgan fingerprint density at radius 3 is 1.40 bits per heavy atom. The van der Waals surface area contributed by atoms with E-state index in [9.17, 15) is 9.59 Å². The van der Waals surface area contributed by atoms with E-state index < -0.39 is 47.6 Å². The molecule has 2 aliphatic carbocycles. The van der Waals surface area contributed by atoms with Gasteiger partial charge in [0, 0.05) is 48.5 Å². The molecule has 0 unspecified atom stereocenters. The van der Waals surface area contributed by atoms with Gasteiger partial charge in [0.25, 0.3) is 0 Å². The molecule has 8 heterocycles. The van der Waals surface area contributed by atoms with Crippen LogP contribution in [-0.2, 0) is 61.2 Å². The van der Waals surface area contributed by atoms with Crippen LogP contribution in [0.3, 0.4) is 0 Å². The average molecular weight is 979 g/mol. The highest BCUT2D eigenvalue weighted by Gasteiger charge is 2.71. The molecule has 16 atom stereocenters. The lowest BCUT2D eigenvalue weighted by atomic mass is 9.58. The molecular formula is C57H86O13.